The summed E-state index contributed by atoms with van der Waals surface area (Å²) in [6.45, 7) is 3.61. The number of rotatable bonds is 7. The summed E-state index contributed by atoms with van der Waals surface area (Å²) in [5.41, 5.74) is 1.98. The number of aliphatic carboxylic acids is 1. The maximum Gasteiger partial charge on any atom is 0.317 e. The fourth-order valence-corrected chi connectivity index (χ4v) is 3.50. The molecule has 2 aromatic rings. The average molecular weight is 351 g/mol. The molecule has 130 valence electrons. The predicted octanol–water partition coefficient (Wildman–Crippen LogP) is 2.25. The Morgan fingerprint density at radius 2 is 2.25 bits per heavy atom. The molecule has 6 nitrogen and oxygen atoms in total. The van der Waals surface area contributed by atoms with Gasteiger partial charge in [-0.1, -0.05) is 18.5 Å². The molecular weight excluding hydrogens is 328 g/mol. The molecule has 1 fully saturated rings. The van der Waals surface area contributed by atoms with Crippen LogP contribution in [0, 0.1) is 0 Å². The number of fused-ring (bicyclic) bond motifs is 1. The highest BCUT2D eigenvalue weighted by molar-refractivity contribution is 6.31. The van der Waals surface area contributed by atoms with Crippen molar-refractivity contribution in [2.24, 2.45) is 7.05 Å². The SMILES string of the molecule is CCN(CC(=O)O)C1CC(NCc2nc3ccc(Cl)cc3n2C)C1. The van der Waals surface area contributed by atoms with Gasteiger partial charge in [0.15, 0.2) is 0 Å². The summed E-state index contributed by atoms with van der Waals surface area (Å²) in [5, 5.41) is 13.2. The molecule has 0 saturated heterocycles. The van der Waals surface area contributed by atoms with Crippen LogP contribution in [0.5, 0.6) is 0 Å². The van der Waals surface area contributed by atoms with E-state index in [-0.39, 0.29) is 6.54 Å². The van der Waals surface area contributed by atoms with Gasteiger partial charge in [-0.15, -0.1) is 0 Å². The van der Waals surface area contributed by atoms with Crippen molar-refractivity contribution in [1.82, 2.24) is 19.8 Å². The summed E-state index contributed by atoms with van der Waals surface area (Å²) in [5.74, 6) is 0.222. The van der Waals surface area contributed by atoms with Crippen LogP contribution in [0.25, 0.3) is 11.0 Å². The topological polar surface area (TPSA) is 70.4 Å². The maximum absolute atomic E-state index is 10.9. The molecule has 1 saturated carbocycles. The molecule has 1 aromatic carbocycles. The molecule has 0 atom stereocenters. The third-order valence-corrected chi connectivity index (χ3v) is 5.09. The van der Waals surface area contributed by atoms with Gasteiger partial charge in [0.05, 0.1) is 24.1 Å². The van der Waals surface area contributed by atoms with Crippen LogP contribution in [-0.2, 0) is 18.4 Å². The molecule has 0 unspecified atom stereocenters. The Kier molecular flexibility index (Phi) is 5.08. The average Bonchev–Trinajstić information content (AvgIpc) is 2.80. The fraction of sp³-hybridized carbons (Fsp3) is 0.529. The summed E-state index contributed by atoms with van der Waals surface area (Å²) in [6, 6.07) is 6.50. The first-order chi connectivity index (χ1) is 11.5. The zero-order valence-corrected chi connectivity index (χ0v) is 14.8. The first-order valence-corrected chi connectivity index (χ1v) is 8.65. The Bertz CT molecular complexity index is 740. The van der Waals surface area contributed by atoms with Gasteiger partial charge in [-0.2, -0.15) is 0 Å². The third-order valence-electron chi connectivity index (χ3n) is 4.86. The Balaban J connectivity index is 1.55. The number of nitrogens with one attached hydrogen (secondary N) is 1. The van der Waals surface area contributed by atoms with E-state index in [2.05, 4.69) is 14.9 Å². The van der Waals surface area contributed by atoms with Crippen molar-refractivity contribution < 1.29 is 9.90 Å². The molecular formula is C17H23ClN4O2. The first-order valence-electron chi connectivity index (χ1n) is 8.28. The molecule has 7 heteroatoms. The van der Waals surface area contributed by atoms with Crippen molar-refractivity contribution in [2.75, 3.05) is 13.1 Å². The van der Waals surface area contributed by atoms with Gasteiger partial charge < -0.3 is 15.0 Å². The van der Waals surface area contributed by atoms with Crippen LogP contribution >= 0.6 is 11.6 Å². The molecule has 0 bridgehead atoms. The molecule has 3 rings (SSSR count). The second kappa shape index (κ2) is 7.09. The maximum atomic E-state index is 10.9. The zero-order chi connectivity index (χ0) is 17.3. The molecule has 24 heavy (non-hydrogen) atoms. The normalized spacial score (nSPS) is 20.5. The van der Waals surface area contributed by atoms with E-state index in [9.17, 15) is 4.79 Å². The van der Waals surface area contributed by atoms with E-state index in [0.29, 0.717) is 23.7 Å². The number of benzene rings is 1. The second-order valence-corrected chi connectivity index (χ2v) is 6.82. The number of aromatic nitrogens is 2. The van der Waals surface area contributed by atoms with Crippen molar-refractivity contribution in [3.63, 3.8) is 0 Å². The third kappa shape index (κ3) is 3.55. The van der Waals surface area contributed by atoms with Gasteiger partial charge in [-0.3, -0.25) is 9.69 Å². The summed E-state index contributed by atoms with van der Waals surface area (Å²) in [6.07, 6.45) is 1.97. The van der Waals surface area contributed by atoms with Crippen molar-refractivity contribution in [3.8, 4) is 0 Å². The highest BCUT2D eigenvalue weighted by Gasteiger charge is 2.33. The number of likely N-dealkylation sites (N-methyl/N-ethyl adjacent to an activating group) is 1. The van der Waals surface area contributed by atoms with E-state index in [1.54, 1.807) is 0 Å². The minimum atomic E-state index is -0.758. The lowest BCUT2D eigenvalue weighted by atomic mass is 9.85. The van der Waals surface area contributed by atoms with Crippen LogP contribution in [0.1, 0.15) is 25.6 Å². The van der Waals surface area contributed by atoms with Gasteiger partial charge in [-0.05, 0) is 37.6 Å². The molecule has 0 aliphatic heterocycles. The van der Waals surface area contributed by atoms with E-state index in [4.69, 9.17) is 16.7 Å². The van der Waals surface area contributed by atoms with E-state index in [1.807, 2.05) is 37.1 Å². The molecule has 2 N–H and O–H groups in total. The second-order valence-electron chi connectivity index (χ2n) is 6.38. The summed E-state index contributed by atoms with van der Waals surface area (Å²) < 4.78 is 2.06. The lowest BCUT2D eigenvalue weighted by Crippen LogP contribution is -2.53. The summed E-state index contributed by atoms with van der Waals surface area (Å²) >= 11 is 6.05. The number of carbonyl (C=O) groups is 1. The van der Waals surface area contributed by atoms with Crippen LogP contribution in [0.2, 0.25) is 5.02 Å². The van der Waals surface area contributed by atoms with Crippen LogP contribution < -0.4 is 5.32 Å². The van der Waals surface area contributed by atoms with Gasteiger partial charge in [0.1, 0.15) is 5.82 Å². The first kappa shape index (κ1) is 17.2. The molecule has 1 aromatic heterocycles. The van der Waals surface area contributed by atoms with Crippen LogP contribution in [-0.4, -0.2) is 50.7 Å². The standard InChI is InChI=1S/C17H23ClN4O2/c1-3-22(10-17(23)24)13-7-12(8-13)19-9-16-20-14-5-4-11(18)6-15(14)21(16)2/h4-6,12-13,19H,3,7-10H2,1-2H3,(H,23,24). The van der Waals surface area contributed by atoms with Crippen molar-refractivity contribution in [3.05, 3.63) is 29.0 Å². The highest BCUT2D eigenvalue weighted by Crippen LogP contribution is 2.26. The quantitative estimate of drug-likeness (QED) is 0.801. The number of halogens is 1. The van der Waals surface area contributed by atoms with Gasteiger partial charge >= 0.3 is 5.97 Å². The van der Waals surface area contributed by atoms with E-state index < -0.39 is 5.97 Å². The molecule has 0 spiro atoms. The number of imidazole rings is 1. The van der Waals surface area contributed by atoms with Crippen LogP contribution in [0.3, 0.4) is 0 Å². The summed E-state index contributed by atoms with van der Waals surface area (Å²) in [7, 11) is 2.00. The number of nitrogens with zero attached hydrogens (tertiary/aromatic N) is 3. The number of aryl methyl sites for hydroxylation is 1. The van der Waals surface area contributed by atoms with Gasteiger partial charge in [0, 0.05) is 24.2 Å². The fourth-order valence-electron chi connectivity index (χ4n) is 3.33. The minimum absolute atomic E-state index is 0.124. The minimum Gasteiger partial charge on any atom is -0.480 e. The van der Waals surface area contributed by atoms with E-state index >= 15 is 0 Å². The van der Waals surface area contributed by atoms with E-state index in [1.165, 1.54) is 0 Å². The van der Waals surface area contributed by atoms with Crippen LogP contribution in [0.4, 0.5) is 0 Å². The van der Waals surface area contributed by atoms with Crippen molar-refractivity contribution >= 4 is 28.6 Å². The van der Waals surface area contributed by atoms with Gasteiger partial charge in [0.2, 0.25) is 0 Å². The number of carboxylic acid groups (broad SMARTS) is 1. The Hall–Kier alpha value is -1.63. The summed E-state index contributed by atoms with van der Waals surface area (Å²) in [4.78, 5) is 17.5. The monoisotopic (exact) mass is 350 g/mol. The molecule has 1 heterocycles. The lowest BCUT2D eigenvalue weighted by molar-refractivity contribution is -0.139. The Morgan fingerprint density at radius 3 is 2.92 bits per heavy atom. The zero-order valence-electron chi connectivity index (χ0n) is 14.0. The number of carboxylic acids is 1. The lowest BCUT2D eigenvalue weighted by Gasteiger charge is -2.42. The molecule has 0 radical (unpaired) electrons. The molecule has 1 aliphatic rings. The Morgan fingerprint density at radius 1 is 1.50 bits per heavy atom. The van der Waals surface area contributed by atoms with Crippen molar-refractivity contribution in [1.29, 1.82) is 0 Å². The predicted molar refractivity (Wildman–Crippen MR) is 94.3 cm³/mol. The highest BCUT2D eigenvalue weighted by atomic mass is 35.5. The Labute approximate surface area is 146 Å². The number of hydrogen-bond donors (Lipinski definition) is 2. The smallest absolute Gasteiger partial charge is 0.317 e. The van der Waals surface area contributed by atoms with Crippen LogP contribution in [0.15, 0.2) is 18.2 Å². The number of hydrogen-bond acceptors (Lipinski definition) is 4. The molecule has 1 aliphatic carbocycles. The van der Waals surface area contributed by atoms with Gasteiger partial charge in [-0.25, -0.2) is 4.98 Å². The van der Waals surface area contributed by atoms with Crippen molar-refractivity contribution in [2.45, 2.75) is 38.4 Å². The largest absolute Gasteiger partial charge is 0.480 e. The van der Waals surface area contributed by atoms with E-state index in [0.717, 1.165) is 36.2 Å². The molecule has 0 amide bonds. The van der Waals surface area contributed by atoms with Gasteiger partial charge in [0.25, 0.3) is 0 Å².